The molecule has 40 heavy (non-hydrogen) atoms. The molecular formula is C34H48O6. The van der Waals surface area contributed by atoms with Gasteiger partial charge in [0.15, 0.2) is 0 Å². The second-order valence-corrected chi connectivity index (χ2v) is 17.1. The molecule has 8 atom stereocenters. The summed E-state index contributed by atoms with van der Waals surface area (Å²) in [7, 11) is 0. The number of esters is 2. The molecule has 0 radical (unpaired) electrons. The van der Waals surface area contributed by atoms with Gasteiger partial charge in [-0.25, -0.2) is 0 Å². The monoisotopic (exact) mass is 552 g/mol. The van der Waals surface area contributed by atoms with Crippen molar-refractivity contribution >= 4 is 11.9 Å². The third-order valence-corrected chi connectivity index (χ3v) is 14.0. The Morgan fingerprint density at radius 1 is 0.600 bits per heavy atom. The molecule has 1 saturated heterocycles. The second-order valence-electron chi connectivity index (χ2n) is 17.1. The minimum Gasteiger partial charge on any atom is -0.462 e. The summed E-state index contributed by atoms with van der Waals surface area (Å²) in [6.07, 6.45) is 16.6. The first-order chi connectivity index (χ1) is 19.3. The van der Waals surface area contributed by atoms with Crippen LogP contribution < -0.4 is 0 Å². The van der Waals surface area contributed by atoms with E-state index in [2.05, 4.69) is 6.92 Å². The molecule has 11 rings (SSSR count). The van der Waals surface area contributed by atoms with E-state index < -0.39 is 0 Å². The highest BCUT2D eigenvalue weighted by molar-refractivity contribution is 5.78. The number of carbonyl (C=O) groups excluding carboxylic acids is 2. The second kappa shape index (κ2) is 8.71. The van der Waals surface area contributed by atoms with Crippen molar-refractivity contribution in [2.24, 2.45) is 57.7 Å². The molecule has 1 heterocycles. The molecule has 6 nitrogen and oxygen atoms in total. The molecule has 0 aromatic rings. The van der Waals surface area contributed by atoms with Crippen LogP contribution in [0.3, 0.4) is 0 Å². The number of fused-ring (bicyclic) bond motifs is 2. The van der Waals surface area contributed by atoms with Gasteiger partial charge in [-0.15, -0.1) is 0 Å². The third-order valence-electron chi connectivity index (χ3n) is 14.0. The van der Waals surface area contributed by atoms with Gasteiger partial charge in [-0.2, -0.15) is 0 Å². The van der Waals surface area contributed by atoms with Crippen molar-refractivity contribution in [3.8, 4) is 0 Å². The van der Waals surface area contributed by atoms with E-state index in [-0.39, 0.29) is 65.8 Å². The predicted molar refractivity (Wildman–Crippen MR) is 146 cm³/mol. The Bertz CT molecular complexity index is 1030. The van der Waals surface area contributed by atoms with Gasteiger partial charge in [0.2, 0.25) is 0 Å². The van der Waals surface area contributed by atoms with Crippen molar-refractivity contribution in [3.05, 3.63) is 0 Å². The Labute approximate surface area is 239 Å². The van der Waals surface area contributed by atoms with Crippen LogP contribution in [0.5, 0.6) is 0 Å². The molecule has 11 aliphatic rings. The van der Waals surface area contributed by atoms with E-state index >= 15 is 0 Å². The summed E-state index contributed by atoms with van der Waals surface area (Å²) in [5.41, 5.74) is -0.278. The number of carbonyl (C=O) groups is 2. The molecule has 220 valence electrons. The molecule has 11 bridgehead atoms. The number of rotatable bonds is 6. The third kappa shape index (κ3) is 3.93. The first kappa shape index (κ1) is 25.4. The lowest BCUT2D eigenvalue weighted by molar-refractivity contribution is -0.205. The standard InChI is InChI=1S/C34H48O6/c1-32-12-25-7-26(15-32)39-28(17-37-31(36)34-11-22-5-23(13-34)24(6-22)14-34)29(40-27(25)16-32)18-38-30(35)33-8-19-2-20(9-33)4-21(3-19)10-33/h19-29H,2-18H2,1H3. The fourth-order valence-corrected chi connectivity index (χ4v) is 13.1. The van der Waals surface area contributed by atoms with Crippen LogP contribution >= 0.6 is 0 Å². The maximum absolute atomic E-state index is 13.7. The Kier molecular flexibility index (Phi) is 5.52. The minimum atomic E-state index is -0.381. The van der Waals surface area contributed by atoms with Crippen LogP contribution in [0.25, 0.3) is 0 Å². The lowest BCUT2D eigenvalue weighted by atomic mass is 9.49. The Morgan fingerprint density at radius 2 is 1.12 bits per heavy atom. The van der Waals surface area contributed by atoms with Gasteiger partial charge in [0.1, 0.15) is 25.4 Å². The highest BCUT2D eigenvalue weighted by atomic mass is 16.6. The number of hydrogen-bond acceptors (Lipinski definition) is 6. The van der Waals surface area contributed by atoms with Gasteiger partial charge in [0.05, 0.1) is 23.0 Å². The molecule has 0 N–H and O–H groups in total. The maximum atomic E-state index is 13.7. The Morgan fingerprint density at radius 3 is 1.70 bits per heavy atom. The summed E-state index contributed by atoms with van der Waals surface area (Å²) >= 11 is 0. The molecule has 8 unspecified atom stereocenters. The average molecular weight is 553 g/mol. The lowest BCUT2D eigenvalue weighted by Gasteiger charge is -2.55. The largest absolute Gasteiger partial charge is 0.462 e. The highest BCUT2D eigenvalue weighted by Gasteiger charge is 2.60. The van der Waals surface area contributed by atoms with Crippen LogP contribution in [0.2, 0.25) is 0 Å². The van der Waals surface area contributed by atoms with Crippen molar-refractivity contribution in [2.75, 3.05) is 13.2 Å². The van der Waals surface area contributed by atoms with Crippen molar-refractivity contribution < 1.29 is 28.5 Å². The van der Waals surface area contributed by atoms with Crippen molar-refractivity contribution in [3.63, 3.8) is 0 Å². The molecule has 11 fully saturated rings. The van der Waals surface area contributed by atoms with Crippen molar-refractivity contribution in [1.29, 1.82) is 0 Å². The van der Waals surface area contributed by atoms with Crippen LogP contribution in [-0.2, 0) is 28.5 Å². The van der Waals surface area contributed by atoms with Crippen molar-refractivity contribution in [1.82, 2.24) is 0 Å². The summed E-state index contributed by atoms with van der Waals surface area (Å²) in [5.74, 6) is 4.82. The van der Waals surface area contributed by atoms with Crippen LogP contribution in [0, 0.1) is 57.7 Å². The Hall–Kier alpha value is -1.14. The fraction of sp³-hybridized carbons (Fsp3) is 0.941. The van der Waals surface area contributed by atoms with Gasteiger partial charge >= 0.3 is 11.9 Å². The smallest absolute Gasteiger partial charge is 0.312 e. The van der Waals surface area contributed by atoms with E-state index in [9.17, 15) is 9.59 Å². The van der Waals surface area contributed by atoms with E-state index in [1.165, 1.54) is 38.5 Å². The summed E-state index contributed by atoms with van der Waals surface area (Å²) in [6, 6.07) is 0. The molecule has 0 spiro atoms. The molecule has 0 aromatic heterocycles. The molecule has 0 amide bonds. The van der Waals surface area contributed by atoms with Gasteiger partial charge in [-0.1, -0.05) is 6.92 Å². The van der Waals surface area contributed by atoms with Crippen molar-refractivity contribution in [2.45, 2.75) is 128 Å². The zero-order valence-electron chi connectivity index (χ0n) is 24.3. The zero-order valence-corrected chi connectivity index (χ0v) is 24.3. The molecule has 6 heteroatoms. The quantitative estimate of drug-likeness (QED) is 0.385. The topological polar surface area (TPSA) is 71.1 Å². The Balaban J connectivity index is 0.918. The van der Waals surface area contributed by atoms with E-state index in [0.29, 0.717) is 23.7 Å². The van der Waals surface area contributed by atoms with Crippen LogP contribution in [0.4, 0.5) is 0 Å². The van der Waals surface area contributed by atoms with Gasteiger partial charge in [-0.05, 0) is 143 Å². The summed E-state index contributed by atoms with van der Waals surface area (Å²) in [6.45, 7) is 2.81. The molecular weight excluding hydrogens is 504 g/mol. The maximum Gasteiger partial charge on any atom is 0.312 e. The first-order valence-electron chi connectivity index (χ1n) is 16.9. The van der Waals surface area contributed by atoms with E-state index in [0.717, 1.165) is 75.5 Å². The zero-order chi connectivity index (χ0) is 26.9. The van der Waals surface area contributed by atoms with Gasteiger partial charge in [0.25, 0.3) is 0 Å². The normalized spacial score (nSPS) is 56.4. The van der Waals surface area contributed by atoms with E-state index in [1.54, 1.807) is 0 Å². The molecule has 10 aliphatic carbocycles. The number of ether oxygens (including phenoxy) is 4. The van der Waals surface area contributed by atoms with Crippen LogP contribution in [-0.4, -0.2) is 49.6 Å². The van der Waals surface area contributed by atoms with E-state index in [1.807, 2.05) is 0 Å². The summed E-state index contributed by atoms with van der Waals surface area (Å²) < 4.78 is 26.0. The first-order valence-corrected chi connectivity index (χ1v) is 16.9. The summed E-state index contributed by atoms with van der Waals surface area (Å²) in [5, 5.41) is 0. The summed E-state index contributed by atoms with van der Waals surface area (Å²) in [4.78, 5) is 27.3. The van der Waals surface area contributed by atoms with Gasteiger partial charge in [-0.3, -0.25) is 9.59 Å². The fourth-order valence-electron chi connectivity index (χ4n) is 13.1. The average Bonchev–Trinajstić information content (AvgIpc) is 3.43. The van der Waals surface area contributed by atoms with Crippen LogP contribution in [0.15, 0.2) is 0 Å². The van der Waals surface area contributed by atoms with E-state index in [4.69, 9.17) is 18.9 Å². The minimum absolute atomic E-state index is 0.00264. The molecule has 1 aliphatic heterocycles. The molecule has 0 aromatic carbocycles. The van der Waals surface area contributed by atoms with Gasteiger partial charge < -0.3 is 18.9 Å². The molecule has 10 saturated carbocycles. The predicted octanol–water partition coefficient (Wildman–Crippen LogP) is 5.85. The lowest BCUT2D eigenvalue weighted by Crippen LogP contribution is -2.52. The highest BCUT2D eigenvalue weighted by Crippen LogP contribution is 2.65. The SMILES string of the molecule is CC12CC3CC(C1)C(C2)OC(COC(=O)C12CC4CC(CC(C4)C1)C2)C(COC(=O)C12CC4CC(C1)C(C4)C2)O3. The number of hydrogen-bond donors (Lipinski definition) is 0. The van der Waals surface area contributed by atoms with Crippen LogP contribution in [0.1, 0.15) is 103 Å². The van der Waals surface area contributed by atoms with Gasteiger partial charge in [0, 0.05) is 0 Å².